The van der Waals surface area contributed by atoms with E-state index in [0.717, 1.165) is 42.6 Å². The van der Waals surface area contributed by atoms with Crippen molar-refractivity contribution in [1.29, 1.82) is 0 Å². The molecule has 0 radical (unpaired) electrons. The van der Waals surface area contributed by atoms with Crippen molar-refractivity contribution in [1.82, 2.24) is 14.0 Å². The second-order valence-corrected chi connectivity index (χ2v) is 7.47. The minimum absolute atomic E-state index is 0.168. The van der Waals surface area contributed by atoms with Crippen LogP contribution in [0.3, 0.4) is 0 Å². The van der Waals surface area contributed by atoms with Gasteiger partial charge in [0.25, 0.3) is 5.56 Å². The number of hydrogen-bond donors (Lipinski definition) is 0. The molecule has 0 aliphatic rings. The second kappa shape index (κ2) is 8.21. The highest BCUT2D eigenvalue weighted by molar-refractivity contribution is 6.30. The summed E-state index contributed by atoms with van der Waals surface area (Å²) >= 11 is 5.99. The average molecular weight is 410 g/mol. The molecule has 148 valence electrons. The Kier molecular flexibility index (Phi) is 5.49. The minimum atomic E-state index is -0.305. The molecule has 0 aliphatic heterocycles. The molecule has 0 saturated carbocycles. The molecule has 4 rings (SSSR count). The number of fused-ring (bicyclic) bond motifs is 1. The second-order valence-electron chi connectivity index (χ2n) is 7.04. The molecule has 0 unspecified atom stereocenters. The van der Waals surface area contributed by atoms with E-state index in [1.807, 2.05) is 16.7 Å². The van der Waals surface area contributed by atoms with Gasteiger partial charge in [0.2, 0.25) is 5.78 Å². The van der Waals surface area contributed by atoms with Crippen molar-refractivity contribution in [2.24, 2.45) is 0 Å². The normalized spacial score (nSPS) is 11.3. The highest BCUT2D eigenvalue weighted by Gasteiger charge is 2.15. The maximum Gasteiger partial charge on any atom is 0.259 e. The lowest BCUT2D eigenvalue weighted by Crippen LogP contribution is -2.18. The van der Waals surface area contributed by atoms with Gasteiger partial charge >= 0.3 is 0 Å². The number of nitrogens with zero attached hydrogens (tertiary/aromatic N) is 3. The van der Waals surface area contributed by atoms with Gasteiger partial charge in [-0.25, -0.2) is 9.37 Å². The summed E-state index contributed by atoms with van der Waals surface area (Å²) in [6, 6.07) is 15.2. The summed E-state index contributed by atoms with van der Waals surface area (Å²) in [6.07, 6.45) is 4.89. The Hall–Kier alpha value is -2.92. The maximum atomic E-state index is 13.4. The summed E-state index contributed by atoms with van der Waals surface area (Å²) < 4.78 is 17.0. The molecule has 2 heterocycles. The zero-order chi connectivity index (χ0) is 20.4. The van der Waals surface area contributed by atoms with Gasteiger partial charge in [-0.3, -0.25) is 9.20 Å². The fraction of sp³-hybridized carbons (Fsp3) is 0.217. The summed E-state index contributed by atoms with van der Waals surface area (Å²) in [6.45, 7) is 2.87. The predicted molar refractivity (Wildman–Crippen MR) is 115 cm³/mol. The van der Waals surface area contributed by atoms with Crippen molar-refractivity contribution in [3.8, 4) is 22.5 Å². The third-order valence-corrected chi connectivity index (χ3v) is 5.23. The lowest BCUT2D eigenvalue weighted by Gasteiger charge is -2.15. The standard InChI is InChI=1S/C23H21ClFN3O/c1-2-3-4-13-27-21(17-7-11-19(25)12-8-17)14-22(29)28-15-20(26-23(27)28)16-5-9-18(24)10-6-16/h5-12,14-15H,2-4,13H2,1H3. The van der Waals surface area contributed by atoms with Gasteiger partial charge in [0, 0.05) is 29.4 Å². The van der Waals surface area contributed by atoms with Crippen LogP contribution >= 0.6 is 11.6 Å². The van der Waals surface area contributed by atoms with Crippen LogP contribution in [0.2, 0.25) is 5.02 Å². The first-order chi connectivity index (χ1) is 14.1. The Balaban J connectivity index is 1.90. The highest BCUT2D eigenvalue weighted by Crippen LogP contribution is 2.25. The summed E-state index contributed by atoms with van der Waals surface area (Å²) in [5.74, 6) is 0.276. The van der Waals surface area contributed by atoms with Crippen molar-refractivity contribution in [2.45, 2.75) is 32.7 Å². The van der Waals surface area contributed by atoms with E-state index in [1.54, 1.807) is 40.9 Å². The van der Waals surface area contributed by atoms with E-state index in [4.69, 9.17) is 16.6 Å². The number of hydrogen-bond acceptors (Lipinski definition) is 2. The van der Waals surface area contributed by atoms with Crippen molar-refractivity contribution in [3.63, 3.8) is 0 Å². The molecule has 4 nitrogen and oxygen atoms in total. The van der Waals surface area contributed by atoms with Gasteiger partial charge in [0.05, 0.1) is 11.4 Å². The van der Waals surface area contributed by atoms with Crippen LogP contribution < -0.4 is 5.56 Å². The van der Waals surface area contributed by atoms with Crippen molar-refractivity contribution < 1.29 is 4.39 Å². The van der Waals surface area contributed by atoms with Gasteiger partial charge < -0.3 is 4.57 Å². The van der Waals surface area contributed by atoms with Gasteiger partial charge in [-0.2, -0.15) is 0 Å². The predicted octanol–water partition coefficient (Wildman–Crippen LogP) is 5.81. The number of halogens is 2. The summed E-state index contributed by atoms with van der Waals surface area (Å²) in [7, 11) is 0. The van der Waals surface area contributed by atoms with Gasteiger partial charge in [-0.1, -0.05) is 43.5 Å². The zero-order valence-electron chi connectivity index (χ0n) is 16.1. The van der Waals surface area contributed by atoms with E-state index in [-0.39, 0.29) is 11.4 Å². The molecule has 0 N–H and O–H groups in total. The van der Waals surface area contributed by atoms with Crippen LogP contribution in [0, 0.1) is 5.82 Å². The summed E-state index contributed by atoms with van der Waals surface area (Å²) in [5.41, 5.74) is 2.96. The first-order valence-electron chi connectivity index (χ1n) is 9.71. The smallest absolute Gasteiger partial charge is 0.259 e. The number of aromatic nitrogens is 3. The van der Waals surface area contributed by atoms with Crippen LogP contribution in [0.1, 0.15) is 26.2 Å². The van der Waals surface area contributed by atoms with Crippen LogP contribution in [0.4, 0.5) is 4.39 Å². The molecule has 0 bridgehead atoms. The molecule has 0 amide bonds. The molecule has 0 atom stereocenters. The van der Waals surface area contributed by atoms with Gasteiger partial charge in [-0.15, -0.1) is 0 Å². The van der Waals surface area contributed by atoms with Crippen molar-refractivity contribution >= 4 is 17.4 Å². The van der Waals surface area contributed by atoms with E-state index in [1.165, 1.54) is 12.1 Å². The van der Waals surface area contributed by atoms with E-state index in [2.05, 4.69) is 6.92 Å². The zero-order valence-corrected chi connectivity index (χ0v) is 16.9. The Labute approximate surface area is 173 Å². The van der Waals surface area contributed by atoms with E-state index in [0.29, 0.717) is 16.5 Å². The Morgan fingerprint density at radius 2 is 1.69 bits per heavy atom. The number of benzene rings is 2. The Morgan fingerprint density at radius 3 is 2.38 bits per heavy atom. The van der Waals surface area contributed by atoms with Crippen molar-refractivity contribution in [2.75, 3.05) is 0 Å². The quantitative estimate of drug-likeness (QED) is 0.377. The van der Waals surface area contributed by atoms with E-state index < -0.39 is 0 Å². The number of imidazole rings is 1. The lowest BCUT2D eigenvalue weighted by atomic mass is 10.1. The number of rotatable bonds is 6. The van der Waals surface area contributed by atoms with Crippen LogP contribution in [-0.4, -0.2) is 14.0 Å². The summed E-state index contributed by atoms with van der Waals surface area (Å²) in [5, 5.41) is 0.648. The van der Waals surface area contributed by atoms with Crippen LogP contribution in [0.5, 0.6) is 0 Å². The molecular formula is C23H21ClFN3O. The lowest BCUT2D eigenvalue weighted by molar-refractivity contribution is 0.605. The summed E-state index contributed by atoms with van der Waals surface area (Å²) in [4.78, 5) is 17.6. The minimum Gasteiger partial charge on any atom is -0.311 e. The number of aryl methyl sites for hydroxylation is 1. The Morgan fingerprint density at radius 1 is 1.00 bits per heavy atom. The third-order valence-electron chi connectivity index (χ3n) is 4.98. The molecule has 0 aliphatic carbocycles. The Bertz CT molecular complexity index is 1190. The van der Waals surface area contributed by atoms with E-state index in [9.17, 15) is 9.18 Å². The molecule has 2 aromatic carbocycles. The SMILES string of the molecule is CCCCCn1c(-c2ccc(F)cc2)cc(=O)n2cc(-c3ccc(Cl)cc3)nc12. The van der Waals surface area contributed by atoms with Crippen LogP contribution in [0.25, 0.3) is 28.3 Å². The topological polar surface area (TPSA) is 39.3 Å². The van der Waals surface area contributed by atoms with Crippen molar-refractivity contribution in [3.05, 3.63) is 82.0 Å². The van der Waals surface area contributed by atoms with Gasteiger partial charge in [0.1, 0.15) is 5.82 Å². The van der Waals surface area contributed by atoms with Crippen LogP contribution in [0.15, 0.2) is 65.6 Å². The van der Waals surface area contributed by atoms with Gasteiger partial charge in [-0.05, 0) is 48.4 Å². The molecule has 0 saturated heterocycles. The molecule has 2 aromatic heterocycles. The molecular weight excluding hydrogens is 389 g/mol. The van der Waals surface area contributed by atoms with Gasteiger partial charge in [0.15, 0.2) is 0 Å². The molecule has 4 aromatic rings. The fourth-order valence-electron chi connectivity index (χ4n) is 3.46. The third kappa shape index (κ3) is 3.96. The molecule has 0 fully saturated rings. The van der Waals surface area contributed by atoms with E-state index >= 15 is 0 Å². The molecule has 0 spiro atoms. The first-order valence-corrected chi connectivity index (χ1v) is 10.1. The largest absolute Gasteiger partial charge is 0.311 e. The maximum absolute atomic E-state index is 13.4. The average Bonchev–Trinajstić information content (AvgIpc) is 3.17. The number of unbranched alkanes of at least 4 members (excludes halogenated alkanes) is 2. The fourth-order valence-corrected chi connectivity index (χ4v) is 3.58. The molecule has 6 heteroatoms. The highest BCUT2D eigenvalue weighted by atomic mass is 35.5. The molecule has 29 heavy (non-hydrogen) atoms. The van der Waals surface area contributed by atoms with Crippen LogP contribution in [-0.2, 0) is 6.54 Å². The first kappa shape index (κ1) is 19.4. The monoisotopic (exact) mass is 409 g/mol.